The van der Waals surface area contributed by atoms with Crippen molar-refractivity contribution >= 4 is 28.7 Å². The monoisotopic (exact) mass is 299 g/mol. The van der Waals surface area contributed by atoms with Gasteiger partial charge in [-0.05, 0) is 17.7 Å². The van der Waals surface area contributed by atoms with Crippen LogP contribution in [0.25, 0.3) is 10.9 Å². The molecule has 1 aromatic heterocycles. The number of anilines is 1. The van der Waals surface area contributed by atoms with Crippen molar-refractivity contribution in [3.05, 3.63) is 23.8 Å². The van der Waals surface area contributed by atoms with Gasteiger partial charge in [0, 0.05) is 44.4 Å². The van der Waals surface area contributed by atoms with E-state index < -0.39 is 6.03 Å². The van der Waals surface area contributed by atoms with E-state index in [1.807, 2.05) is 13.1 Å². The van der Waals surface area contributed by atoms with Crippen LogP contribution in [0.3, 0.4) is 0 Å². The zero-order valence-electron chi connectivity index (χ0n) is 12.3. The van der Waals surface area contributed by atoms with Crippen molar-refractivity contribution < 1.29 is 9.59 Å². The molecular weight excluding hydrogens is 282 g/mol. The Morgan fingerprint density at radius 2 is 2.09 bits per heavy atom. The van der Waals surface area contributed by atoms with Gasteiger partial charge >= 0.3 is 6.03 Å². The minimum Gasteiger partial charge on any atom is -0.315 e. The number of urea groups is 1. The number of aromatic nitrogens is 2. The molecule has 4 rings (SSSR count). The summed E-state index contributed by atoms with van der Waals surface area (Å²) in [5, 5.41) is 11.0. The molecule has 0 saturated carbocycles. The molecule has 0 aliphatic carbocycles. The predicted molar refractivity (Wildman–Crippen MR) is 81.8 cm³/mol. The Bertz CT molecular complexity index is 778. The maximum absolute atomic E-state index is 12.0. The SMILES string of the molecule is Cn1nc(N2CCC(=O)NC2=O)c2ccc(C3CNC3)cc21. The number of imide groups is 1. The molecule has 2 N–H and O–H groups in total. The Kier molecular flexibility index (Phi) is 2.90. The fourth-order valence-corrected chi connectivity index (χ4v) is 3.00. The number of amides is 3. The average molecular weight is 299 g/mol. The highest BCUT2D eigenvalue weighted by molar-refractivity contribution is 6.08. The molecule has 114 valence electrons. The number of hydrogen-bond acceptors (Lipinski definition) is 4. The van der Waals surface area contributed by atoms with Crippen LogP contribution in [0.5, 0.6) is 0 Å². The van der Waals surface area contributed by atoms with Gasteiger partial charge in [-0.25, -0.2) is 4.79 Å². The highest BCUT2D eigenvalue weighted by Gasteiger charge is 2.28. The second kappa shape index (κ2) is 4.81. The van der Waals surface area contributed by atoms with Gasteiger partial charge in [0.1, 0.15) is 0 Å². The van der Waals surface area contributed by atoms with Crippen molar-refractivity contribution in [2.75, 3.05) is 24.5 Å². The van der Waals surface area contributed by atoms with E-state index in [9.17, 15) is 9.59 Å². The lowest BCUT2D eigenvalue weighted by Crippen LogP contribution is -2.49. The molecule has 2 aliphatic heterocycles. The maximum atomic E-state index is 12.0. The van der Waals surface area contributed by atoms with Gasteiger partial charge in [0.15, 0.2) is 5.82 Å². The van der Waals surface area contributed by atoms with E-state index in [-0.39, 0.29) is 5.91 Å². The summed E-state index contributed by atoms with van der Waals surface area (Å²) < 4.78 is 1.80. The third-order valence-corrected chi connectivity index (χ3v) is 4.42. The minimum absolute atomic E-state index is 0.235. The van der Waals surface area contributed by atoms with E-state index in [1.54, 1.807) is 4.68 Å². The number of carbonyl (C=O) groups excluding carboxylic acids is 2. The van der Waals surface area contributed by atoms with E-state index in [1.165, 1.54) is 10.5 Å². The summed E-state index contributed by atoms with van der Waals surface area (Å²) in [7, 11) is 1.88. The van der Waals surface area contributed by atoms with Gasteiger partial charge in [0.25, 0.3) is 0 Å². The lowest BCUT2D eigenvalue weighted by Gasteiger charge is -2.27. The third kappa shape index (κ3) is 1.97. The Morgan fingerprint density at radius 3 is 2.77 bits per heavy atom. The summed E-state index contributed by atoms with van der Waals surface area (Å²) in [4.78, 5) is 24.8. The first-order valence-corrected chi connectivity index (χ1v) is 7.42. The average Bonchev–Trinajstić information content (AvgIpc) is 2.74. The van der Waals surface area contributed by atoms with Gasteiger partial charge in [-0.2, -0.15) is 5.10 Å². The molecule has 0 atom stereocenters. The van der Waals surface area contributed by atoms with Crippen molar-refractivity contribution in [1.29, 1.82) is 0 Å². The molecule has 2 aliphatic rings. The largest absolute Gasteiger partial charge is 0.329 e. The van der Waals surface area contributed by atoms with Crippen molar-refractivity contribution in [3.8, 4) is 0 Å². The van der Waals surface area contributed by atoms with E-state index in [0.29, 0.717) is 24.7 Å². The first-order chi connectivity index (χ1) is 10.6. The number of nitrogens with one attached hydrogen (secondary N) is 2. The second-order valence-corrected chi connectivity index (χ2v) is 5.83. The number of carbonyl (C=O) groups is 2. The van der Waals surface area contributed by atoms with Crippen LogP contribution >= 0.6 is 0 Å². The molecule has 0 spiro atoms. The van der Waals surface area contributed by atoms with E-state index >= 15 is 0 Å². The van der Waals surface area contributed by atoms with E-state index in [0.717, 1.165) is 24.0 Å². The van der Waals surface area contributed by atoms with E-state index in [2.05, 4.69) is 27.9 Å². The lowest BCUT2D eigenvalue weighted by molar-refractivity contribution is -0.120. The zero-order chi connectivity index (χ0) is 15.3. The first-order valence-electron chi connectivity index (χ1n) is 7.42. The minimum atomic E-state index is -0.400. The zero-order valence-corrected chi connectivity index (χ0v) is 12.3. The van der Waals surface area contributed by atoms with Crippen molar-refractivity contribution in [3.63, 3.8) is 0 Å². The number of nitrogens with zero attached hydrogens (tertiary/aromatic N) is 3. The Morgan fingerprint density at radius 1 is 1.27 bits per heavy atom. The van der Waals surface area contributed by atoms with Crippen molar-refractivity contribution in [2.45, 2.75) is 12.3 Å². The van der Waals surface area contributed by atoms with Crippen molar-refractivity contribution in [2.24, 2.45) is 7.05 Å². The molecule has 7 nitrogen and oxygen atoms in total. The summed E-state index contributed by atoms with van der Waals surface area (Å²) in [5.41, 5.74) is 2.29. The predicted octanol–water partition coefficient (Wildman–Crippen LogP) is 0.706. The van der Waals surface area contributed by atoms with Gasteiger partial charge in [-0.1, -0.05) is 6.07 Å². The van der Waals surface area contributed by atoms with Gasteiger partial charge in [0.2, 0.25) is 5.91 Å². The van der Waals surface area contributed by atoms with Crippen LogP contribution in [0.4, 0.5) is 10.6 Å². The topological polar surface area (TPSA) is 79.3 Å². The van der Waals surface area contributed by atoms with Crippen molar-refractivity contribution in [1.82, 2.24) is 20.4 Å². The fourth-order valence-electron chi connectivity index (χ4n) is 3.00. The summed E-state index contributed by atoms with van der Waals surface area (Å²) in [6.07, 6.45) is 0.301. The summed E-state index contributed by atoms with van der Waals surface area (Å²) >= 11 is 0. The molecule has 2 fully saturated rings. The number of hydrogen-bond donors (Lipinski definition) is 2. The molecule has 3 amide bonds. The quantitative estimate of drug-likeness (QED) is 0.856. The first kappa shape index (κ1) is 13.3. The smallest absolute Gasteiger partial charge is 0.315 e. The van der Waals surface area contributed by atoms with Crippen LogP contribution in [0, 0.1) is 0 Å². The van der Waals surface area contributed by atoms with Gasteiger partial charge in [-0.15, -0.1) is 0 Å². The Labute approximate surface area is 127 Å². The lowest BCUT2D eigenvalue weighted by atomic mass is 9.93. The molecule has 1 aromatic carbocycles. The summed E-state index contributed by atoms with van der Waals surface area (Å²) in [6, 6.07) is 5.87. The van der Waals surface area contributed by atoms with Gasteiger partial charge in [0.05, 0.1) is 5.52 Å². The van der Waals surface area contributed by atoms with Crippen LogP contribution in [-0.4, -0.2) is 41.4 Å². The molecule has 7 heteroatoms. The van der Waals surface area contributed by atoms with Crippen LogP contribution in [-0.2, 0) is 11.8 Å². The summed E-state index contributed by atoms with van der Waals surface area (Å²) in [5.74, 6) is 0.931. The number of aryl methyl sites for hydroxylation is 1. The Balaban J connectivity index is 1.75. The van der Waals surface area contributed by atoms with E-state index in [4.69, 9.17) is 0 Å². The normalized spacial score (nSPS) is 19.4. The second-order valence-electron chi connectivity index (χ2n) is 5.83. The third-order valence-electron chi connectivity index (χ3n) is 4.42. The number of benzene rings is 1. The standard InChI is InChI=1S/C15H17N5O2/c1-19-12-6-9(10-7-16-8-10)2-3-11(12)14(18-19)20-5-4-13(21)17-15(20)22/h2-3,6,10,16H,4-5,7-8H2,1H3,(H,17,21,22). The number of fused-ring (bicyclic) bond motifs is 1. The molecule has 0 radical (unpaired) electrons. The highest BCUT2D eigenvalue weighted by Crippen LogP contribution is 2.30. The molecule has 2 saturated heterocycles. The van der Waals surface area contributed by atoms with Gasteiger partial charge in [-0.3, -0.25) is 19.7 Å². The molecule has 0 unspecified atom stereocenters. The van der Waals surface area contributed by atoms with Crippen LogP contribution in [0.15, 0.2) is 18.2 Å². The van der Waals surface area contributed by atoms with Crippen LogP contribution in [0.2, 0.25) is 0 Å². The highest BCUT2D eigenvalue weighted by atomic mass is 16.2. The van der Waals surface area contributed by atoms with Crippen LogP contribution < -0.4 is 15.5 Å². The molecule has 2 aromatic rings. The molecule has 22 heavy (non-hydrogen) atoms. The Hall–Kier alpha value is -2.41. The molecule has 0 bridgehead atoms. The molecule has 3 heterocycles. The molecular formula is C15H17N5O2. The fraction of sp³-hybridized carbons (Fsp3) is 0.400. The summed E-state index contributed by atoms with van der Waals surface area (Å²) in [6.45, 7) is 2.38. The van der Waals surface area contributed by atoms with Gasteiger partial charge < -0.3 is 5.32 Å². The number of rotatable bonds is 2. The maximum Gasteiger partial charge on any atom is 0.329 e. The van der Waals surface area contributed by atoms with Crippen LogP contribution in [0.1, 0.15) is 17.9 Å².